The van der Waals surface area contributed by atoms with Crippen molar-refractivity contribution in [3.8, 4) is 0 Å². The second-order valence-electron chi connectivity index (χ2n) is 4.55. The van der Waals surface area contributed by atoms with Crippen molar-refractivity contribution in [1.82, 2.24) is 0 Å². The summed E-state index contributed by atoms with van der Waals surface area (Å²) >= 11 is 3.33. The maximum atomic E-state index is 13.3. The summed E-state index contributed by atoms with van der Waals surface area (Å²) in [6.45, 7) is 0.664. The van der Waals surface area contributed by atoms with Gasteiger partial charge < -0.3 is 9.84 Å². The van der Waals surface area contributed by atoms with Gasteiger partial charge in [0.2, 0.25) is 0 Å². The van der Waals surface area contributed by atoms with Crippen molar-refractivity contribution in [3.05, 3.63) is 69.4 Å². The molecule has 0 bridgehead atoms. The van der Waals surface area contributed by atoms with Gasteiger partial charge in [-0.05, 0) is 35.7 Å². The Morgan fingerprint density at radius 1 is 1.20 bits per heavy atom. The third kappa shape index (κ3) is 3.66. The minimum atomic E-state index is -0.850. The Morgan fingerprint density at radius 2 is 1.90 bits per heavy atom. The Bertz CT molecular complexity index is 569. The number of aliphatic hydroxyl groups is 1. The van der Waals surface area contributed by atoms with E-state index in [4.69, 9.17) is 4.74 Å². The van der Waals surface area contributed by atoms with Crippen molar-refractivity contribution < 1.29 is 14.2 Å². The van der Waals surface area contributed by atoms with Gasteiger partial charge in [-0.3, -0.25) is 0 Å². The lowest BCUT2D eigenvalue weighted by Gasteiger charge is -2.14. The van der Waals surface area contributed by atoms with Gasteiger partial charge in [-0.15, -0.1) is 0 Å². The number of ether oxygens (including phenoxy) is 1. The summed E-state index contributed by atoms with van der Waals surface area (Å²) in [5, 5.41) is 10.3. The van der Waals surface area contributed by atoms with Gasteiger partial charge in [0.1, 0.15) is 11.9 Å². The largest absolute Gasteiger partial charge is 0.384 e. The van der Waals surface area contributed by atoms with Crippen molar-refractivity contribution in [2.24, 2.45) is 0 Å². The summed E-state index contributed by atoms with van der Waals surface area (Å²) in [7, 11) is 1.67. The summed E-state index contributed by atoms with van der Waals surface area (Å²) in [5.74, 6) is -0.362. The maximum Gasteiger partial charge on any atom is 0.123 e. The molecule has 2 rings (SSSR count). The summed E-state index contributed by atoms with van der Waals surface area (Å²) < 4.78 is 19.0. The van der Waals surface area contributed by atoms with Crippen molar-refractivity contribution in [2.45, 2.75) is 12.5 Å². The molecule has 20 heavy (non-hydrogen) atoms. The van der Waals surface area contributed by atoms with Gasteiger partial charge in [0.25, 0.3) is 0 Å². The average Bonchev–Trinajstić information content (AvgIpc) is 2.47. The zero-order chi connectivity index (χ0) is 14.5. The molecule has 1 atom stereocenters. The van der Waals surface area contributed by atoms with Crippen LogP contribution in [0.1, 0.15) is 22.8 Å². The molecule has 0 heterocycles. The first kappa shape index (κ1) is 15.2. The van der Waals surface area contributed by atoms with E-state index in [1.807, 2.05) is 24.3 Å². The maximum absolute atomic E-state index is 13.3. The van der Waals surface area contributed by atoms with Crippen molar-refractivity contribution in [1.29, 1.82) is 0 Å². The highest BCUT2D eigenvalue weighted by atomic mass is 79.9. The SMILES string of the molecule is COCCc1ccc(C(O)c2cc(F)ccc2Br)cc1. The van der Waals surface area contributed by atoms with Crippen LogP contribution in [0.2, 0.25) is 0 Å². The smallest absolute Gasteiger partial charge is 0.123 e. The van der Waals surface area contributed by atoms with Gasteiger partial charge in [0.05, 0.1) is 6.61 Å². The molecule has 1 N–H and O–H groups in total. The van der Waals surface area contributed by atoms with E-state index in [1.54, 1.807) is 13.2 Å². The molecule has 4 heteroatoms. The Kier molecular flexibility index (Phi) is 5.29. The molecule has 2 nitrogen and oxygen atoms in total. The van der Waals surface area contributed by atoms with Crippen LogP contribution in [-0.2, 0) is 11.2 Å². The standard InChI is InChI=1S/C16H16BrFO2/c1-20-9-8-11-2-4-12(5-3-11)16(19)14-10-13(18)6-7-15(14)17/h2-7,10,16,19H,8-9H2,1H3. The number of halogens is 2. The fourth-order valence-electron chi connectivity index (χ4n) is 1.99. The van der Waals surface area contributed by atoms with Crippen LogP contribution < -0.4 is 0 Å². The van der Waals surface area contributed by atoms with Crippen LogP contribution in [-0.4, -0.2) is 18.8 Å². The third-order valence-electron chi connectivity index (χ3n) is 3.14. The molecule has 0 aliphatic rings. The number of benzene rings is 2. The van der Waals surface area contributed by atoms with Crippen molar-refractivity contribution in [3.63, 3.8) is 0 Å². The zero-order valence-electron chi connectivity index (χ0n) is 11.1. The molecule has 0 radical (unpaired) electrons. The number of hydrogen-bond donors (Lipinski definition) is 1. The minimum absolute atomic E-state index is 0.362. The van der Waals surface area contributed by atoms with E-state index < -0.39 is 6.10 Å². The normalized spacial score (nSPS) is 12.4. The lowest BCUT2D eigenvalue weighted by Crippen LogP contribution is -2.02. The van der Waals surface area contributed by atoms with Crippen LogP contribution >= 0.6 is 15.9 Å². The average molecular weight is 339 g/mol. The number of hydrogen-bond acceptors (Lipinski definition) is 2. The number of rotatable bonds is 5. The molecule has 106 valence electrons. The summed E-state index contributed by atoms with van der Waals surface area (Å²) in [4.78, 5) is 0. The highest BCUT2D eigenvalue weighted by Gasteiger charge is 2.14. The van der Waals surface area contributed by atoms with E-state index in [1.165, 1.54) is 12.1 Å². The number of methoxy groups -OCH3 is 1. The first-order valence-electron chi connectivity index (χ1n) is 6.32. The summed E-state index contributed by atoms with van der Waals surface area (Å²) in [6.07, 6.45) is -0.0205. The van der Waals surface area contributed by atoms with Gasteiger partial charge >= 0.3 is 0 Å². The lowest BCUT2D eigenvalue weighted by atomic mass is 10.00. The second-order valence-corrected chi connectivity index (χ2v) is 5.41. The molecule has 0 fully saturated rings. The fourth-order valence-corrected chi connectivity index (χ4v) is 2.45. The number of aliphatic hydroxyl groups excluding tert-OH is 1. The van der Waals surface area contributed by atoms with E-state index in [9.17, 15) is 9.50 Å². The summed E-state index contributed by atoms with van der Waals surface area (Å²) in [6, 6.07) is 11.9. The molecule has 0 saturated carbocycles. The quantitative estimate of drug-likeness (QED) is 0.896. The molecule has 1 unspecified atom stereocenters. The molecule has 0 aliphatic heterocycles. The van der Waals surface area contributed by atoms with E-state index in [2.05, 4.69) is 15.9 Å². The molecule has 2 aromatic rings. The molecule has 0 amide bonds. The Hall–Kier alpha value is -1.23. The summed E-state index contributed by atoms with van der Waals surface area (Å²) in [5.41, 5.74) is 2.40. The third-order valence-corrected chi connectivity index (χ3v) is 3.87. The van der Waals surface area contributed by atoms with Gasteiger partial charge in [0, 0.05) is 17.1 Å². The van der Waals surface area contributed by atoms with Crippen LogP contribution in [0.15, 0.2) is 46.9 Å². The Morgan fingerprint density at radius 3 is 2.55 bits per heavy atom. The van der Waals surface area contributed by atoms with Crippen LogP contribution in [0.25, 0.3) is 0 Å². The molecular formula is C16H16BrFO2. The van der Waals surface area contributed by atoms with Crippen LogP contribution in [0.4, 0.5) is 4.39 Å². The topological polar surface area (TPSA) is 29.5 Å². The molecule has 0 saturated heterocycles. The Balaban J connectivity index is 2.20. The second kappa shape index (κ2) is 6.97. The van der Waals surface area contributed by atoms with Gasteiger partial charge in [-0.25, -0.2) is 4.39 Å². The van der Waals surface area contributed by atoms with Crippen LogP contribution in [0.5, 0.6) is 0 Å². The highest BCUT2D eigenvalue weighted by molar-refractivity contribution is 9.10. The monoisotopic (exact) mass is 338 g/mol. The fraction of sp³-hybridized carbons (Fsp3) is 0.250. The first-order valence-corrected chi connectivity index (χ1v) is 7.12. The van der Waals surface area contributed by atoms with Crippen molar-refractivity contribution in [2.75, 3.05) is 13.7 Å². The van der Waals surface area contributed by atoms with Gasteiger partial charge in [-0.2, -0.15) is 0 Å². The first-order chi connectivity index (χ1) is 9.61. The zero-order valence-corrected chi connectivity index (χ0v) is 12.7. The highest BCUT2D eigenvalue weighted by Crippen LogP contribution is 2.29. The lowest BCUT2D eigenvalue weighted by molar-refractivity contribution is 0.202. The molecular weight excluding hydrogens is 323 g/mol. The molecule has 0 spiro atoms. The van der Waals surface area contributed by atoms with Gasteiger partial charge in [-0.1, -0.05) is 40.2 Å². The van der Waals surface area contributed by atoms with Gasteiger partial charge in [0.15, 0.2) is 0 Å². The predicted octanol–water partition coefficient (Wildman–Crippen LogP) is 3.86. The Labute approximate surface area is 126 Å². The van der Waals surface area contributed by atoms with Crippen LogP contribution in [0.3, 0.4) is 0 Å². The van der Waals surface area contributed by atoms with Crippen molar-refractivity contribution >= 4 is 15.9 Å². The molecule has 0 aromatic heterocycles. The van der Waals surface area contributed by atoms with E-state index in [0.29, 0.717) is 16.6 Å². The molecule has 0 aliphatic carbocycles. The molecule has 2 aromatic carbocycles. The van der Waals surface area contributed by atoms with E-state index in [0.717, 1.165) is 17.5 Å². The van der Waals surface area contributed by atoms with E-state index >= 15 is 0 Å². The van der Waals surface area contributed by atoms with Crippen LogP contribution in [0, 0.1) is 5.82 Å². The predicted molar refractivity (Wildman–Crippen MR) is 80.2 cm³/mol. The van der Waals surface area contributed by atoms with E-state index in [-0.39, 0.29) is 5.82 Å². The minimum Gasteiger partial charge on any atom is -0.384 e.